The second-order valence-electron chi connectivity index (χ2n) is 5.70. The van der Waals surface area contributed by atoms with Crippen molar-refractivity contribution >= 4 is 17.5 Å². The normalized spacial score (nSPS) is 10.6. The lowest BCUT2D eigenvalue weighted by Gasteiger charge is -2.12. The fourth-order valence-corrected chi connectivity index (χ4v) is 3.20. The van der Waals surface area contributed by atoms with Gasteiger partial charge in [-0.05, 0) is 24.3 Å². The number of phenolic OH excluding ortho intramolecular Hbond substituents is 2. The monoisotopic (exact) mass is 418 g/mol. The highest BCUT2D eigenvalue weighted by atomic mass is 32.2. The number of phenols is 2. The number of ketones is 1. The Hall–Kier alpha value is -3.40. The third kappa shape index (κ3) is 4.37. The van der Waals surface area contributed by atoms with E-state index in [2.05, 4.69) is 10.2 Å². The van der Waals surface area contributed by atoms with Crippen molar-refractivity contribution < 1.29 is 33.6 Å². The summed E-state index contributed by atoms with van der Waals surface area (Å²) in [5.74, 6) is 0.728. The highest BCUT2D eigenvalue weighted by molar-refractivity contribution is 7.99. The summed E-state index contributed by atoms with van der Waals surface area (Å²) in [6.07, 6.45) is 0. The number of carbonyl (C=O) groups excluding carboxylic acids is 1. The van der Waals surface area contributed by atoms with E-state index in [9.17, 15) is 15.0 Å². The van der Waals surface area contributed by atoms with Crippen LogP contribution in [0.15, 0.2) is 40.0 Å². The van der Waals surface area contributed by atoms with Gasteiger partial charge in [0.2, 0.25) is 11.6 Å². The molecular weight excluding hydrogens is 400 g/mol. The summed E-state index contributed by atoms with van der Waals surface area (Å²) in [7, 11) is 4.51. The fourth-order valence-electron chi connectivity index (χ4n) is 2.55. The lowest BCUT2D eigenvalue weighted by Crippen LogP contribution is -2.02. The van der Waals surface area contributed by atoms with Crippen LogP contribution in [-0.4, -0.2) is 53.3 Å². The first kappa shape index (κ1) is 20.3. The van der Waals surface area contributed by atoms with Crippen molar-refractivity contribution in [3.63, 3.8) is 0 Å². The van der Waals surface area contributed by atoms with Gasteiger partial charge in [0.15, 0.2) is 17.3 Å². The Balaban J connectivity index is 1.76. The van der Waals surface area contributed by atoms with Crippen LogP contribution in [0.1, 0.15) is 10.4 Å². The molecule has 2 N–H and O–H groups in total. The number of methoxy groups -OCH3 is 3. The summed E-state index contributed by atoms with van der Waals surface area (Å²) in [5, 5.41) is 27.2. The molecule has 10 heteroatoms. The van der Waals surface area contributed by atoms with Gasteiger partial charge in [-0.3, -0.25) is 4.79 Å². The van der Waals surface area contributed by atoms with Crippen LogP contribution in [0.2, 0.25) is 0 Å². The van der Waals surface area contributed by atoms with Crippen molar-refractivity contribution in [3.05, 3.63) is 35.9 Å². The molecule has 0 fully saturated rings. The number of ether oxygens (including phenoxy) is 3. The number of aromatic hydroxyl groups is 2. The van der Waals surface area contributed by atoms with Gasteiger partial charge in [-0.15, -0.1) is 10.2 Å². The molecule has 3 aromatic rings. The molecule has 1 heterocycles. The maximum Gasteiger partial charge on any atom is 0.277 e. The van der Waals surface area contributed by atoms with Gasteiger partial charge in [0, 0.05) is 11.6 Å². The highest BCUT2D eigenvalue weighted by Crippen LogP contribution is 2.41. The van der Waals surface area contributed by atoms with Crippen LogP contribution in [0.3, 0.4) is 0 Å². The first-order valence-corrected chi connectivity index (χ1v) is 9.27. The molecule has 0 aliphatic rings. The average Bonchev–Trinajstić information content (AvgIpc) is 3.20. The molecule has 0 unspecified atom stereocenters. The summed E-state index contributed by atoms with van der Waals surface area (Å²) in [5.41, 5.74) is 0.654. The molecule has 0 aliphatic heterocycles. The van der Waals surface area contributed by atoms with E-state index >= 15 is 0 Å². The predicted octanol–water partition coefficient (Wildman–Crippen LogP) is 3.15. The third-order valence-corrected chi connectivity index (χ3v) is 4.75. The van der Waals surface area contributed by atoms with Gasteiger partial charge in [0.05, 0.1) is 32.6 Å². The number of aromatic nitrogens is 2. The van der Waals surface area contributed by atoms with Gasteiger partial charge in [-0.2, -0.15) is 0 Å². The zero-order chi connectivity index (χ0) is 21.0. The zero-order valence-corrected chi connectivity index (χ0v) is 16.6. The number of benzene rings is 2. The van der Waals surface area contributed by atoms with Crippen LogP contribution in [-0.2, 0) is 0 Å². The molecule has 1 aromatic heterocycles. The first-order chi connectivity index (χ1) is 14.0. The van der Waals surface area contributed by atoms with E-state index in [-0.39, 0.29) is 39.7 Å². The summed E-state index contributed by atoms with van der Waals surface area (Å²) in [4.78, 5) is 12.3. The second kappa shape index (κ2) is 8.74. The maximum absolute atomic E-state index is 12.3. The Bertz CT molecular complexity index is 1010. The van der Waals surface area contributed by atoms with E-state index in [1.807, 2.05) is 0 Å². The van der Waals surface area contributed by atoms with E-state index < -0.39 is 0 Å². The fraction of sp³-hybridized carbons (Fsp3) is 0.211. The highest BCUT2D eigenvalue weighted by Gasteiger charge is 2.19. The molecule has 0 amide bonds. The third-order valence-electron chi connectivity index (χ3n) is 3.93. The van der Waals surface area contributed by atoms with Crippen molar-refractivity contribution in [2.45, 2.75) is 5.22 Å². The summed E-state index contributed by atoms with van der Waals surface area (Å²) in [6, 6.07) is 7.12. The molecule has 0 saturated carbocycles. The standard InChI is InChI=1S/C19H18N2O7S/c1-25-15-6-10(7-16(26-2)17(15)27-3)18-20-21-19(28-18)29-9-14(24)12-5-4-11(22)8-13(12)23/h4-8,22-23H,9H2,1-3H3. The van der Waals surface area contributed by atoms with E-state index in [4.69, 9.17) is 18.6 Å². The van der Waals surface area contributed by atoms with Crippen molar-refractivity contribution in [2.24, 2.45) is 0 Å². The Morgan fingerprint density at radius 1 is 1.03 bits per heavy atom. The molecule has 3 rings (SSSR count). The van der Waals surface area contributed by atoms with Crippen LogP contribution >= 0.6 is 11.8 Å². The Morgan fingerprint density at radius 2 is 1.72 bits per heavy atom. The molecular formula is C19H18N2O7S. The van der Waals surface area contributed by atoms with Crippen molar-refractivity contribution in [3.8, 4) is 40.2 Å². The molecule has 152 valence electrons. The molecule has 0 bridgehead atoms. The van der Waals surface area contributed by atoms with E-state index in [1.165, 1.54) is 33.5 Å². The number of hydrogen-bond acceptors (Lipinski definition) is 10. The topological polar surface area (TPSA) is 124 Å². The van der Waals surface area contributed by atoms with E-state index in [0.29, 0.717) is 22.8 Å². The van der Waals surface area contributed by atoms with E-state index in [0.717, 1.165) is 17.8 Å². The van der Waals surface area contributed by atoms with Crippen molar-refractivity contribution in [1.82, 2.24) is 10.2 Å². The molecule has 9 nitrogen and oxygen atoms in total. The minimum atomic E-state index is -0.347. The minimum Gasteiger partial charge on any atom is -0.508 e. The largest absolute Gasteiger partial charge is 0.508 e. The van der Waals surface area contributed by atoms with Gasteiger partial charge >= 0.3 is 0 Å². The van der Waals surface area contributed by atoms with Crippen LogP contribution in [0.4, 0.5) is 0 Å². The van der Waals surface area contributed by atoms with Gasteiger partial charge in [0.25, 0.3) is 5.22 Å². The van der Waals surface area contributed by atoms with Crippen LogP contribution < -0.4 is 14.2 Å². The Morgan fingerprint density at radius 3 is 2.31 bits per heavy atom. The Labute approximate surface area is 170 Å². The number of nitrogens with zero attached hydrogens (tertiary/aromatic N) is 2. The first-order valence-electron chi connectivity index (χ1n) is 8.28. The Kier molecular flexibility index (Phi) is 6.13. The molecule has 0 spiro atoms. The average molecular weight is 418 g/mol. The van der Waals surface area contributed by atoms with Crippen LogP contribution in [0.5, 0.6) is 28.7 Å². The minimum absolute atomic E-state index is 0.0325. The summed E-state index contributed by atoms with van der Waals surface area (Å²) in [6.45, 7) is 0. The number of hydrogen-bond donors (Lipinski definition) is 2. The number of Topliss-reactive ketones (excluding diaryl/α,β-unsaturated/α-hetero) is 1. The number of carbonyl (C=O) groups is 1. The molecule has 29 heavy (non-hydrogen) atoms. The lowest BCUT2D eigenvalue weighted by atomic mass is 10.1. The number of thioether (sulfide) groups is 1. The molecule has 0 saturated heterocycles. The predicted molar refractivity (Wildman–Crippen MR) is 104 cm³/mol. The van der Waals surface area contributed by atoms with Gasteiger partial charge < -0.3 is 28.8 Å². The molecule has 2 aromatic carbocycles. The lowest BCUT2D eigenvalue weighted by molar-refractivity contribution is 0.101. The van der Waals surface area contributed by atoms with Gasteiger partial charge in [0.1, 0.15) is 11.5 Å². The summed E-state index contributed by atoms with van der Waals surface area (Å²) >= 11 is 1.03. The SMILES string of the molecule is COc1cc(-c2nnc(SCC(=O)c3ccc(O)cc3O)o2)cc(OC)c1OC. The maximum atomic E-state index is 12.3. The quantitative estimate of drug-likeness (QED) is 0.416. The van der Waals surface area contributed by atoms with Crippen LogP contribution in [0, 0.1) is 0 Å². The van der Waals surface area contributed by atoms with Crippen LogP contribution in [0.25, 0.3) is 11.5 Å². The van der Waals surface area contributed by atoms with Crippen molar-refractivity contribution in [1.29, 1.82) is 0 Å². The molecule has 0 aliphatic carbocycles. The zero-order valence-electron chi connectivity index (χ0n) is 15.8. The van der Waals surface area contributed by atoms with Gasteiger partial charge in [-0.1, -0.05) is 11.8 Å². The van der Waals surface area contributed by atoms with Gasteiger partial charge in [-0.25, -0.2) is 0 Å². The molecule has 0 atom stereocenters. The second-order valence-corrected chi connectivity index (χ2v) is 6.63. The summed E-state index contributed by atoms with van der Waals surface area (Å²) < 4.78 is 21.5. The smallest absolute Gasteiger partial charge is 0.277 e. The van der Waals surface area contributed by atoms with E-state index in [1.54, 1.807) is 12.1 Å². The molecule has 0 radical (unpaired) electrons. The van der Waals surface area contributed by atoms with Crippen molar-refractivity contribution in [2.75, 3.05) is 27.1 Å². The number of rotatable bonds is 8.